The fourth-order valence-corrected chi connectivity index (χ4v) is 4.77. The Bertz CT molecular complexity index is 1570. The van der Waals surface area contributed by atoms with Gasteiger partial charge in [0.25, 0.3) is 5.91 Å². The quantitative estimate of drug-likeness (QED) is 0.217. The maximum Gasteiger partial charge on any atom is 0.257 e. The molecule has 0 aliphatic carbocycles. The van der Waals surface area contributed by atoms with Crippen molar-refractivity contribution in [3.63, 3.8) is 0 Å². The number of benzene rings is 4. The molecule has 0 saturated carbocycles. The number of hydrogen-bond acceptors (Lipinski definition) is 4. The van der Waals surface area contributed by atoms with Gasteiger partial charge < -0.3 is 15.0 Å². The highest BCUT2D eigenvalue weighted by Gasteiger charge is 2.14. The number of fused-ring (bicyclic) bond motifs is 1. The summed E-state index contributed by atoms with van der Waals surface area (Å²) in [6.45, 7) is 5.20. The van der Waals surface area contributed by atoms with Gasteiger partial charge in [0.1, 0.15) is 11.3 Å². The topological polar surface area (TPSA) is 74.4 Å². The van der Waals surface area contributed by atoms with Gasteiger partial charge in [-0.05, 0) is 47.4 Å². The predicted molar refractivity (Wildman–Crippen MR) is 159 cm³/mol. The summed E-state index contributed by atoms with van der Waals surface area (Å²) < 4.78 is 5.51. The Morgan fingerprint density at radius 1 is 0.775 bits per heavy atom. The van der Waals surface area contributed by atoms with Crippen LogP contribution in [0.25, 0.3) is 10.9 Å². The summed E-state index contributed by atoms with van der Waals surface area (Å²) in [4.78, 5) is 31.4. The Kier molecular flexibility index (Phi) is 8.69. The molecule has 0 unspecified atom stereocenters. The molecule has 6 nitrogen and oxygen atoms in total. The third-order valence-corrected chi connectivity index (χ3v) is 6.79. The fraction of sp³-hybridized carbons (Fsp3) is 0.176. The van der Waals surface area contributed by atoms with E-state index in [-0.39, 0.29) is 11.0 Å². The highest BCUT2D eigenvalue weighted by Crippen LogP contribution is 2.18. The SMILES string of the molecule is CCOc1ccc2[nH]cc(C(=O)NCc3ccc(CN(Cc4ccccc4)Cc4ccccc4)cc3)c(=O)c2c1. The van der Waals surface area contributed by atoms with Crippen LogP contribution in [0, 0.1) is 0 Å². The second kappa shape index (κ2) is 12.9. The normalized spacial score (nSPS) is 11.1. The van der Waals surface area contributed by atoms with Gasteiger partial charge in [-0.2, -0.15) is 0 Å². The first-order valence-corrected chi connectivity index (χ1v) is 13.5. The van der Waals surface area contributed by atoms with Gasteiger partial charge in [-0.25, -0.2) is 0 Å². The second-order valence-corrected chi connectivity index (χ2v) is 9.79. The number of aromatic amines is 1. The minimum absolute atomic E-state index is 0.0789. The molecule has 4 aromatic carbocycles. The number of carbonyl (C=O) groups is 1. The van der Waals surface area contributed by atoms with E-state index < -0.39 is 5.91 Å². The van der Waals surface area contributed by atoms with Gasteiger partial charge in [-0.15, -0.1) is 0 Å². The molecular formula is C34H33N3O3. The van der Waals surface area contributed by atoms with Gasteiger partial charge in [0.05, 0.1) is 6.61 Å². The first-order valence-electron chi connectivity index (χ1n) is 13.5. The Morgan fingerprint density at radius 2 is 1.35 bits per heavy atom. The van der Waals surface area contributed by atoms with E-state index in [0.29, 0.717) is 29.8 Å². The van der Waals surface area contributed by atoms with Gasteiger partial charge in [0.15, 0.2) is 0 Å². The molecule has 0 radical (unpaired) electrons. The predicted octanol–water partition coefficient (Wildman–Crippen LogP) is 6.06. The number of nitrogens with one attached hydrogen (secondary N) is 2. The summed E-state index contributed by atoms with van der Waals surface area (Å²) >= 11 is 0. The molecule has 1 aromatic heterocycles. The summed E-state index contributed by atoms with van der Waals surface area (Å²) in [6.07, 6.45) is 1.47. The number of ether oxygens (including phenoxy) is 1. The fourth-order valence-electron chi connectivity index (χ4n) is 4.77. The molecule has 0 saturated heterocycles. The average Bonchev–Trinajstić information content (AvgIpc) is 2.98. The minimum atomic E-state index is -0.411. The Labute approximate surface area is 234 Å². The Balaban J connectivity index is 1.24. The number of nitrogens with zero attached hydrogens (tertiary/aromatic N) is 1. The number of pyridine rings is 1. The molecule has 6 heteroatoms. The maximum atomic E-state index is 13.0. The first kappa shape index (κ1) is 26.9. The van der Waals surface area contributed by atoms with Crippen LogP contribution in [0.2, 0.25) is 0 Å². The molecule has 5 aromatic rings. The zero-order valence-corrected chi connectivity index (χ0v) is 22.6. The van der Waals surface area contributed by atoms with Crippen molar-refractivity contribution < 1.29 is 9.53 Å². The summed E-state index contributed by atoms with van der Waals surface area (Å²) in [5.74, 6) is 0.190. The Morgan fingerprint density at radius 3 is 1.95 bits per heavy atom. The number of amides is 1. The van der Waals surface area contributed by atoms with E-state index in [1.54, 1.807) is 18.2 Å². The molecule has 1 amide bonds. The van der Waals surface area contributed by atoms with Crippen LogP contribution in [-0.4, -0.2) is 22.4 Å². The Hall–Kier alpha value is -4.68. The monoisotopic (exact) mass is 531 g/mol. The van der Waals surface area contributed by atoms with Gasteiger partial charge in [0, 0.05) is 43.3 Å². The zero-order chi connectivity index (χ0) is 27.7. The van der Waals surface area contributed by atoms with Crippen LogP contribution in [0.3, 0.4) is 0 Å². The van der Waals surface area contributed by atoms with Crippen LogP contribution in [0.4, 0.5) is 0 Å². The molecule has 202 valence electrons. The molecule has 0 atom stereocenters. The van der Waals surface area contributed by atoms with Crippen LogP contribution in [-0.2, 0) is 26.2 Å². The molecule has 0 aliphatic rings. The number of carbonyl (C=O) groups excluding carboxylic acids is 1. The van der Waals surface area contributed by atoms with Gasteiger partial charge in [0.2, 0.25) is 5.43 Å². The second-order valence-electron chi connectivity index (χ2n) is 9.79. The molecule has 0 fully saturated rings. The van der Waals surface area contributed by atoms with E-state index in [1.807, 2.05) is 31.2 Å². The number of hydrogen-bond donors (Lipinski definition) is 2. The van der Waals surface area contributed by atoms with Crippen molar-refractivity contribution in [1.82, 2.24) is 15.2 Å². The third kappa shape index (κ3) is 6.84. The third-order valence-electron chi connectivity index (χ3n) is 6.79. The van der Waals surface area contributed by atoms with Crippen LogP contribution >= 0.6 is 0 Å². The van der Waals surface area contributed by atoms with Crippen molar-refractivity contribution in [2.24, 2.45) is 0 Å². The molecule has 0 aliphatic heterocycles. The van der Waals surface area contributed by atoms with Crippen molar-refractivity contribution >= 4 is 16.8 Å². The minimum Gasteiger partial charge on any atom is -0.494 e. The van der Waals surface area contributed by atoms with Crippen LogP contribution < -0.4 is 15.5 Å². The molecule has 2 N–H and O–H groups in total. The lowest BCUT2D eigenvalue weighted by Crippen LogP contribution is -2.28. The van der Waals surface area contributed by atoms with Gasteiger partial charge >= 0.3 is 0 Å². The van der Waals surface area contributed by atoms with Crippen molar-refractivity contribution in [2.45, 2.75) is 33.1 Å². The lowest BCUT2D eigenvalue weighted by molar-refractivity contribution is 0.0949. The van der Waals surface area contributed by atoms with Crippen LogP contribution in [0.1, 0.15) is 39.5 Å². The van der Waals surface area contributed by atoms with E-state index in [4.69, 9.17) is 4.74 Å². The number of aromatic nitrogens is 1. The van der Waals surface area contributed by atoms with Gasteiger partial charge in [-0.3, -0.25) is 14.5 Å². The lowest BCUT2D eigenvalue weighted by atomic mass is 10.1. The van der Waals surface area contributed by atoms with Crippen molar-refractivity contribution in [1.29, 1.82) is 0 Å². The molecule has 0 spiro atoms. The lowest BCUT2D eigenvalue weighted by Gasteiger charge is -2.23. The van der Waals surface area contributed by atoms with Gasteiger partial charge in [-0.1, -0.05) is 84.9 Å². The number of H-pyrrole nitrogens is 1. The van der Waals surface area contributed by atoms with Crippen molar-refractivity contribution in [2.75, 3.05) is 6.61 Å². The standard InChI is InChI=1S/C34H33N3O3/c1-2-40-29-17-18-32-30(19-29)33(38)31(21-35-32)34(39)36-20-25-13-15-28(16-14-25)24-37(22-26-9-5-3-6-10-26)23-27-11-7-4-8-12-27/h3-19,21H,2,20,22-24H2,1H3,(H,35,38)(H,36,39). The maximum absolute atomic E-state index is 13.0. The van der Waals surface area contributed by atoms with E-state index >= 15 is 0 Å². The molecular weight excluding hydrogens is 498 g/mol. The van der Waals surface area contributed by atoms with E-state index in [9.17, 15) is 9.59 Å². The van der Waals surface area contributed by atoms with Crippen LogP contribution in [0.5, 0.6) is 5.75 Å². The van der Waals surface area contributed by atoms with E-state index in [1.165, 1.54) is 22.9 Å². The molecule has 40 heavy (non-hydrogen) atoms. The summed E-state index contributed by atoms with van der Waals surface area (Å²) in [6, 6.07) is 34.5. The van der Waals surface area contributed by atoms with Crippen LogP contribution in [0.15, 0.2) is 114 Å². The largest absolute Gasteiger partial charge is 0.494 e. The zero-order valence-electron chi connectivity index (χ0n) is 22.6. The molecule has 1 heterocycles. The highest BCUT2D eigenvalue weighted by molar-refractivity contribution is 5.97. The van der Waals surface area contributed by atoms with E-state index in [0.717, 1.165) is 25.2 Å². The number of rotatable bonds is 11. The van der Waals surface area contributed by atoms with Crippen molar-refractivity contribution in [3.05, 3.63) is 147 Å². The first-order chi connectivity index (χ1) is 19.6. The van der Waals surface area contributed by atoms with E-state index in [2.05, 4.69) is 75.9 Å². The summed E-state index contributed by atoms with van der Waals surface area (Å²) in [5.41, 5.74) is 5.12. The average molecular weight is 532 g/mol. The molecule has 0 bridgehead atoms. The van der Waals surface area contributed by atoms with Crippen molar-refractivity contribution in [3.8, 4) is 5.75 Å². The molecule has 5 rings (SSSR count). The summed E-state index contributed by atoms with van der Waals surface area (Å²) in [5, 5.41) is 3.31. The highest BCUT2D eigenvalue weighted by atomic mass is 16.5. The smallest absolute Gasteiger partial charge is 0.257 e. The summed E-state index contributed by atoms with van der Waals surface area (Å²) in [7, 11) is 0.